The van der Waals surface area contributed by atoms with E-state index < -0.39 is 4.92 Å². The second-order valence-electron chi connectivity index (χ2n) is 8.10. The summed E-state index contributed by atoms with van der Waals surface area (Å²) in [4.78, 5) is 34.1. The number of nitro groups is 1. The number of fused-ring (bicyclic) bond motifs is 2. The van der Waals surface area contributed by atoms with Crippen molar-refractivity contribution in [3.05, 3.63) is 99.3 Å². The molecule has 5 rings (SSSR count). The normalized spacial score (nSPS) is 12.6. The quantitative estimate of drug-likeness (QED) is 0.165. The van der Waals surface area contributed by atoms with E-state index in [1.807, 2.05) is 42.5 Å². The Bertz CT molecular complexity index is 1490. The monoisotopic (exact) mass is 545 g/mol. The van der Waals surface area contributed by atoms with Crippen LogP contribution in [0.4, 0.5) is 17.2 Å². The van der Waals surface area contributed by atoms with E-state index in [4.69, 9.17) is 4.74 Å². The lowest BCUT2D eigenvalue weighted by atomic mass is 10.1. The summed E-state index contributed by atoms with van der Waals surface area (Å²) in [7, 11) is 0. The molecular weight excluding hydrogens is 526 g/mol. The van der Waals surface area contributed by atoms with Crippen molar-refractivity contribution in [2.75, 3.05) is 18.5 Å². The molecule has 0 bridgehead atoms. The van der Waals surface area contributed by atoms with E-state index in [-0.39, 0.29) is 24.0 Å². The van der Waals surface area contributed by atoms with E-state index in [0.29, 0.717) is 40.9 Å². The molecule has 1 aromatic heterocycles. The highest BCUT2D eigenvalue weighted by Gasteiger charge is 2.30. The fraction of sp³-hybridized carbons (Fsp3) is 0.115. The van der Waals surface area contributed by atoms with E-state index in [9.17, 15) is 14.9 Å². The number of hydrogen-bond donors (Lipinski definition) is 1. The van der Waals surface area contributed by atoms with Crippen LogP contribution in [-0.2, 0) is 0 Å². The lowest BCUT2D eigenvalue weighted by Crippen LogP contribution is -2.25. The number of amides is 1. The van der Waals surface area contributed by atoms with Crippen LogP contribution in [0, 0.1) is 10.1 Å². The third kappa shape index (κ3) is 4.50. The zero-order chi connectivity index (χ0) is 25.2. The molecule has 0 unspecified atom stereocenters. The molecule has 180 valence electrons. The number of nitrogens with zero attached hydrogens (tertiary/aromatic N) is 4. The smallest absolute Gasteiger partial charge is 0.311 e. The van der Waals surface area contributed by atoms with Gasteiger partial charge in [0.25, 0.3) is 5.91 Å². The Labute approximate surface area is 214 Å². The molecule has 4 aromatic rings. The predicted octanol–water partition coefficient (Wildman–Crippen LogP) is 5.94. The Morgan fingerprint density at radius 3 is 2.64 bits per heavy atom. The highest BCUT2D eigenvalue weighted by molar-refractivity contribution is 9.10. The maximum Gasteiger partial charge on any atom is 0.311 e. The van der Waals surface area contributed by atoms with E-state index in [0.717, 1.165) is 15.7 Å². The second-order valence-corrected chi connectivity index (χ2v) is 9.02. The van der Waals surface area contributed by atoms with Crippen LogP contribution in [0.2, 0.25) is 0 Å². The number of nitro benzene ring substituents is 1. The van der Waals surface area contributed by atoms with Crippen molar-refractivity contribution in [2.45, 2.75) is 6.42 Å². The van der Waals surface area contributed by atoms with Crippen LogP contribution < -0.4 is 10.1 Å². The highest BCUT2D eigenvalue weighted by Crippen LogP contribution is 2.35. The van der Waals surface area contributed by atoms with Crippen molar-refractivity contribution in [3.63, 3.8) is 0 Å². The van der Waals surface area contributed by atoms with Gasteiger partial charge in [0, 0.05) is 45.7 Å². The van der Waals surface area contributed by atoms with Gasteiger partial charge in [-0.1, -0.05) is 46.8 Å². The van der Waals surface area contributed by atoms with Crippen LogP contribution >= 0.6 is 15.9 Å². The number of ether oxygens (including phenoxy) is 1. The number of carbonyl (C=O) groups is 1. The molecule has 1 aliphatic heterocycles. The fourth-order valence-electron chi connectivity index (χ4n) is 4.11. The molecule has 3 aromatic carbocycles. The van der Waals surface area contributed by atoms with Crippen LogP contribution in [0.15, 0.2) is 78.0 Å². The molecule has 0 saturated heterocycles. The summed E-state index contributed by atoms with van der Waals surface area (Å²) < 4.78 is 6.68. The first kappa shape index (κ1) is 23.4. The molecule has 1 amide bonds. The van der Waals surface area contributed by atoms with Gasteiger partial charge in [-0.05, 0) is 30.7 Å². The average Bonchev–Trinajstić information content (AvgIpc) is 3.11. The second kappa shape index (κ2) is 9.74. The van der Waals surface area contributed by atoms with Crippen LogP contribution in [0.3, 0.4) is 0 Å². The summed E-state index contributed by atoms with van der Waals surface area (Å²) in [5, 5.41) is 15.5. The molecule has 1 aliphatic rings. The predicted molar refractivity (Wildman–Crippen MR) is 140 cm³/mol. The molecule has 0 fully saturated rings. The largest absolute Gasteiger partial charge is 0.487 e. The van der Waals surface area contributed by atoms with Crippen molar-refractivity contribution in [1.29, 1.82) is 0 Å². The Balaban J connectivity index is 1.32. The maximum absolute atomic E-state index is 12.7. The highest BCUT2D eigenvalue weighted by atomic mass is 79.9. The van der Waals surface area contributed by atoms with Gasteiger partial charge in [0.05, 0.1) is 22.4 Å². The summed E-state index contributed by atoms with van der Waals surface area (Å²) in [6.07, 6.45) is 1.86. The molecule has 0 spiro atoms. The molecule has 1 N–H and O–H groups in total. The van der Waals surface area contributed by atoms with Crippen molar-refractivity contribution < 1.29 is 14.5 Å². The van der Waals surface area contributed by atoms with Crippen molar-refractivity contribution in [1.82, 2.24) is 14.9 Å². The first-order valence-corrected chi connectivity index (χ1v) is 11.9. The van der Waals surface area contributed by atoms with E-state index in [2.05, 4.69) is 37.8 Å². The van der Waals surface area contributed by atoms with Gasteiger partial charge in [-0.2, -0.15) is 0 Å². The van der Waals surface area contributed by atoms with Gasteiger partial charge in [0.2, 0.25) is 0 Å². The lowest BCUT2D eigenvalue weighted by molar-refractivity contribution is -0.385. The zero-order valence-electron chi connectivity index (χ0n) is 19.0. The minimum Gasteiger partial charge on any atom is -0.487 e. The summed E-state index contributed by atoms with van der Waals surface area (Å²) >= 11 is 3.43. The summed E-state index contributed by atoms with van der Waals surface area (Å²) in [6.45, 7) is 4.59. The van der Waals surface area contributed by atoms with Crippen LogP contribution in [0.25, 0.3) is 16.6 Å². The Kier molecular flexibility index (Phi) is 6.34. The Morgan fingerprint density at radius 2 is 1.89 bits per heavy atom. The molecule has 0 aliphatic carbocycles. The third-order valence-electron chi connectivity index (χ3n) is 5.82. The van der Waals surface area contributed by atoms with Crippen molar-refractivity contribution >= 4 is 55.6 Å². The fourth-order valence-corrected chi connectivity index (χ4v) is 4.51. The molecule has 0 atom stereocenters. The van der Waals surface area contributed by atoms with E-state index in [1.54, 1.807) is 11.0 Å². The van der Waals surface area contributed by atoms with Gasteiger partial charge in [-0.15, -0.1) is 0 Å². The van der Waals surface area contributed by atoms with Gasteiger partial charge in [-0.25, -0.2) is 9.97 Å². The number of aromatic nitrogens is 2. The van der Waals surface area contributed by atoms with Crippen LogP contribution in [0.5, 0.6) is 5.75 Å². The number of hydrogen-bond acceptors (Lipinski definition) is 7. The van der Waals surface area contributed by atoms with Gasteiger partial charge in [0.15, 0.2) is 5.75 Å². The van der Waals surface area contributed by atoms with Gasteiger partial charge >= 0.3 is 5.69 Å². The summed E-state index contributed by atoms with van der Waals surface area (Å²) in [6, 6.07) is 17.8. The molecule has 10 heteroatoms. The summed E-state index contributed by atoms with van der Waals surface area (Å²) in [5.74, 6) is 0.447. The minimum atomic E-state index is -0.493. The van der Waals surface area contributed by atoms with Crippen LogP contribution in [-0.4, -0.2) is 38.8 Å². The number of carbonyl (C=O) groups excluding carboxylic acids is 1. The molecule has 9 nitrogen and oxygen atoms in total. The number of nitrogens with one attached hydrogen (secondary N) is 1. The standard InChI is InChI=1S/C26H20BrN5O4/c1-16-19-8-2-3-9-20(19)26(33)31(16)10-5-11-36-24-14-22-21(13-23(24)32(34)35)25(29-15-28-22)30-18-7-4-6-17(27)12-18/h2-4,6-9,12-15H,1,5,10-11H2,(H,28,29,30). The van der Waals surface area contributed by atoms with Crippen molar-refractivity contribution in [3.8, 4) is 5.75 Å². The topological polar surface area (TPSA) is 110 Å². The first-order chi connectivity index (χ1) is 17.4. The Morgan fingerprint density at radius 1 is 1.08 bits per heavy atom. The van der Waals surface area contributed by atoms with Crippen molar-refractivity contribution in [2.24, 2.45) is 0 Å². The SMILES string of the molecule is C=C1c2ccccc2C(=O)N1CCCOc1cc2ncnc(Nc3cccc(Br)c3)c2cc1[N+](=O)[O-]. The lowest BCUT2D eigenvalue weighted by Gasteiger charge is -2.17. The molecular formula is C26H20BrN5O4. The number of benzene rings is 3. The molecule has 0 saturated carbocycles. The molecule has 0 radical (unpaired) electrons. The molecule has 36 heavy (non-hydrogen) atoms. The first-order valence-electron chi connectivity index (χ1n) is 11.1. The zero-order valence-corrected chi connectivity index (χ0v) is 20.6. The molecule has 2 heterocycles. The van der Waals surface area contributed by atoms with Gasteiger partial charge in [-0.3, -0.25) is 14.9 Å². The Hall–Kier alpha value is -4.31. The van der Waals surface area contributed by atoms with Gasteiger partial charge < -0.3 is 15.0 Å². The number of rotatable bonds is 8. The summed E-state index contributed by atoms with van der Waals surface area (Å²) in [5.41, 5.74) is 3.17. The van der Waals surface area contributed by atoms with Crippen LogP contribution in [0.1, 0.15) is 22.3 Å². The van der Waals surface area contributed by atoms with Gasteiger partial charge in [0.1, 0.15) is 12.1 Å². The third-order valence-corrected chi connectivity index (χ3v) is 6.32. The minimum absolute atomic E-state index is 0.102. The number of halogens is 1. The maximum atomic E-state index is 12.7. The number of anilines is 2. The average molecular weight is 546 g/mol. The van der Waals surface area contributed by atoms with E-state index in [1.165, 1.54) is 18.5 Å². The van der Waals surface area contributed by atoms with E-state index >= 15 is 0 Å².